The van der Waals surface area contributed by atoms with Crippen molar-refractivity contribution < 1.29 is 14.3 Å². The highest BCUT2D eigenvalue weighted by Crippen LogP contribution is 2.31. The molecule has 6 heteroatoms. The van der Waals surface area contributed by atoms with E-state index >= 15 is 0 Å². The molecule has 3 aromatic rings. The zero-order valence-corrected chi connectivity index (χ0v) is 17.2. The van der Waals surface area contributed by atoms with E-state index in [9.17, 15) is 9.59 Å². The Bertz CT molecular complexity index is 1130. The zero-order chi connectivity index (χ0) is 21.1. The standard InChI is InChI=1S/C24H25N3O3/c1-3-16-9-5-7-11-20(16)26-24(29)27-14-13-18-17-10-6-8-12-21(17)25-22(18)19(15-27)23(28)30-4-2/h5-12,15,25H,3-4,13-14H2,1-2H3,(H,26,29). The van der Waals surface area contributed by atoms with Crippen LogP contribution in [0.4, 0.5) is 10.5 Å². The Morgan fingerprint density at radius 3 is 2.67 bits per heavy atom. The molecule has 0 atom stereocenters. The van der Waals surface area contributed by atoms with Crippen molar-refractivity contribution in [3.63, 3.8) is 0 Å². The number of H-pyrrole nitrogens is 1. The highest BCUT2D eigenvalue weighted by Gasteiger charge is 2.27. The molecule has 1 aromatic heterocycles. The maximum absolute atomic E-state index is 13.1. The molecule has 30 heavy (non-hydrogen) atoms. The highest BCUT2D eigenvalue weighted by molar-refractivity contribution is 6.18. The number of urea groups is 1. The van der Waals surface area contributed by atoms with Crippen molar-refractivity contribution in [2.45, 2.75) is 26.7 Å². The first-order chi connectivity index (χ1) is 14.6. The number of carbonyl (C=O) groups excluding carboxylic acids is 2. The van der Waals surface area contributed by atoms with Crippen molar-refractivity contribution in [3.05, 3.63) is 71.6 Å². The molecule has 154 valence electrons. The van der Waals surface area contributed by atoms with Crippen molar-refractivity contribution in [2.75, 3.05) is 18.5 Å². The molecule has 0 spiro atoms. The first-order valence-electron chi connectivity index (χ1n) is 10.3. The molecule has 2 amide bonds. The zero-order valence-electron chi connectivity index (χ0n) is 17.2. The van der Waals surface area contributed by atoms with Crippen molar-refractivity contribution in [2.24, 2.45) is 0 Å². The molecule has 1 aliphatic rings. The summed E-state index contributed by atoms with van der Waals surface area (Å²) in [5, 5.41) is 4.04. The van der Waals surface area contributed by atoms with Gasteiger partial charge in [-0.1, -0.05) is 43.3 Å². The molecule has 4 rings (SSSR count). The first kappa shape index (κ1) is 19.8. The van der Waals surface area contributed by atoms with Gasteiger partial charge in [0, 0.05) is 29.3 Å². The van der Waals surface area contributed by atoms with Gasteiger partial charge in [0.2, 0.25) is 0 Å². The molecular formula is C24H25N3O3. The van der Waals surface area contributed by atoms with Crippen LogP contribution in [0, 0.1) is 0 Å². The van der Waals surface area contributed by atoms with Gasteiger partial charge in [0.25, 0.3) is 0 Å². The number of aromatic amines is 1. The number of rotatable bonds is 4. The third kappa shape index (κ3) is 3.68. The van der Waals surface area contributed by atoms with Gasteiger partial charge < -0.3 is 15.0 Å². The van der Waals surface area contributed by atoms with Crippen LogP contribution in [0.1, 0.15) is 30.7 Å². The molecule has 0 aliphatic carbocycles. The fourth-order valence-electron chi connectivity index (χ4n) is 3.87. The Morgan fingerprint density at radius 1 is 1.10 bits per heavy atom. The smallest absolute Gasteiger partial charge is 0.341 e. The number of aromatic nitrogens is 1. The first-order valence-corrected chi connectivity index (χ1v) is 10.3. The predicted octanol–water partition coefficient (Wildman–Crippen LogP) is 4.72. The van der Waals surface area contributed by atoms with Crippen molar-refractivity contribution in [1.82, 2.24) is 9.88 Å². The Kier molecular flexibility index (Phi) is 5.57. The minimum absolute atomic E-state index is 0.266. The van der Waals surface area contributed by atoms with Crippen LogP contribution < -0.4 is 5.32 Å². The predicted molar refractivity (Wildman–Crippen MR) is 118 cm³/mol. The minimum atomic E-state index is -0.445. The Labute approximate surface area is 175 Å². The van der Waals surface area contributed by atoms with Gasteiger partial charge in [-0.15, -0.1) is 0 Å². The summed E-state index contributed by atoms with van der Waals surface area (Å²) in [5.41, 5.74) is 4.91. The quantitative estimate of drug-likeness (QED) is 0.619. The van der Waals surface area contributed by atoms with Crippen molar-refractivity contribution in [1.29, 1.82) is 0 Å². The lowest BCUT2D eigenvalue weighted by atomic mass is 10.0. The lowest BCUT2D eigenvalue weighted by Crippen LogP contribution is -2.32. The summed E-state index contributed by atoms with van der Waals surface area (Å²) in [5.74, 6) is -0.445. The van der Waals surface area contributed by atoms with Crippen LogP contribution >= 0.6 is 0 Å². The number of fused-ring (bicyclic) bond motifs is 3. The lowest BCUT2D eigenvalue weighted by Gasteiger charge is -2.19. The van der Waals surface area contributed by atoms with Crippen LogP contribution in [0.5, 0.6) is 0 Å². The number of nitrogens with one attached hydrogen (secondary N) is 2. The molecule has 2 N–H and O–H groups in total. The summed E-state index contributed by atoms with van der Waals surface area (Å²) in [6.45, 7) is 4.54. The van der Waals surface area contributed by atoms with Crippen LogP contribution in [0.2, 0.25) is 0 Å². The molecule has 6 nitrogen and oxygen atoms in total. The van der Waals surface area contributed by atoms with E-state index in [1.54, 1.807) is 18.0 Å². The largest absolute Gasteiger partial charge is 0.462 e. The normalized spacial score (nSPS) is 13.4. The maximum atomic E-state index is 13.1. The number of hydrogen-bond acceptors (Lipinski definition) is 3. The Morgan fingerprint density at radius 2 is 1.87 bits per heavy atom. The Hall–Kier alpha value is -3.54. The third-order valence-corrected chi connectivity index (χ3v) is 5.37. The summed E-state index contributed by atoms with van der Waals surface area (Å²) in [6, 6.07) is 15.4. The van der Waals surface area contributed by atoms with E-state index in [0.29, 0.717) is 18.5 Å². The number of hydrogen-bond donors (Lipinski definition) is 2. The summed E-state index contributed by atoms with van der Waals surface area (Å²) in [7, 11) is 0. The van der Waals surface area contributed by atoms with E-state index in [1.165, 1.54) is 0 Å². The van der Waals surface area contributed by atoms with Crippen LogP contribution in [0.3, 0.4) is 0 Å². The van der Waals surface area contributed by atoms with Gasteiger partial charge in [-0.3, -0.25) is 4.90 Å². The second kappa shape index (κ2) is 8.45. The van der Waals surface area contributed by atoms with Gasteiger partial charge in [-0.2, -0.15) is 0 Å². The van der Waals surface area contributed by atoms with Gasteiger partial charge >= 0.3 is 12.0 Å². The number of nitrogens with zero attached hydrogens (tertiary/aromatic N) is 1. The summed E-state index contributed by atoms with van der Waals surface area (Å²) in [4.78, 5) is 30.7. The lowest BCUT2D eigenvalue weighted by molar-refractivity contribution is -0.136. The number of ether oxygens (including phenoxy) is 1. The van der Waals surface area contributed by atoms with E-state index in [4.69, 9.17) is 4.74 Å². The maximum Gasteiger partial charge on any atom is 0.341 e. The molecular weight excluding hydrogens is 378 g/mol. The molecule has 2 aromatic carbocycles. The molecule has 0 saturated carbocycles. The second-order valence-electron chi connectivity index (χ2n) is 7.17. The molecule has 1 aliphatic heterocycles. The number of carbonyl (C=O) groups is 2. The van der Waals surface area contributed by atoms with Crippen LogP contribution in [0.15, 0.2) is 54.7 Å². The molecule has 0 bridgehead atoms. The minimum Gasteiger partial charge on any atom is -0.462 e. The summed E-state index contributed by atoms with van der Waals surface area (Å²) >= 11 is 0. The second-order valence-corrected chi connectivity index (χ2v) is 7.17. The topological polar surface area (TPSA) is 74.4 Å². The number of amides is 2. The van der Waals surface area contributed by atoms with E-state index in [2.05, 4.69) is 10.3 Å². The average Bonchev–Trinajstić information content (AvgIpc) is 3.01. The van der Waals surface area contributed by atoms with Gasteiger partial charge in [-0.05, 0) is 43.0 Å². The summed E-state index contributed by atoms with van der Waals surface area (Å²) < 4.78 is 5.29. The van der Waals surface area contributed by atoms with Gasteiger partial charge in [0.15, 0.2) is 0 Å². The molecule has 0 saturated heterocycles. The fourth-order valence-corrected chi connectivity index (χ4v) is 3.87. The van der Waals surface area contributed by atoms with Gasteiger partial charge in [0.1, 0.15) is 0 Å². The molecule has 2 heterocycles. The van der Waals surface area contributed by atoms with Crippen LogP contribution in [-0.4, -0.2) is 35.0 Å². The molecule has 0 fully saturated rings. The number of para-hydroxylation sites is 2. The average molecular weight is 403 g/mol. The van der Waals surface area contributed by atoms with E-state index in [0.717, 1.165) is 39.8 Å². The number of anilines is 1. The van der Waals surface area contributed by atoms with Crippen molar-refractivity contribution >= 4 is 34.2 Å². The number of esters is 1. The van der Waals surface area contributed by atoms with Gasteiger partial charge in [0.05, 0.1) is 17.9 Å². The number of aryl methyl sites for hydroxylation is 1. The Balaban J connectivity index is 1.71. The molecule has 0 unspecified atom stereocenters. The highest BCUT2D eigenvalue weighted by atomic mass is 16.5. The number of benzene rings is 2. The van der Waals surface area contributed by atoms with E-state index in [1.807, 2.05) is 55.5 Å². The van der Waals surface area contributed by atoms with Crippen LogP contribution in [0.25, 0.3) is 16.5 Å². The van der Waals surface area contributed by atoms with E-state index in [-0.39, 0.29) is 12.6 Å². The van der Waals surface area contributed by atoms with E-state index < -0.39 is 5.97 Å². The summed E-state index contributed by atoms with van der Waals surface area (Å²) in [6.07, 6.45) is 3.04. The molecule has 0 radical (unpaired) electrons. The van der Waals surface area contributed by atoms with Gasteiger partial charge in [-0.25, -0.2) is 9.59 Å². The SMILES string of the molecule is CCOC(=O)C1=CN(C(=O)Nc2ccccc2CC)CCc2c1[nH]c1ccccc21. The monoisotopic (exact) mass is 403 g/mol. The fraction of sp³-hybridized carbons (Fsp3) is 0.250. The third-order valence-electron chi connectivity index (χ3n) is 5.37. The van der Waals surface area contributed by atoms with Crippen molar-refractivity contribution in [3.8, 4) is 0 Å². The van der Waals surface area contributed by atoms with Crippen LogP contribution in [-0.2, 0) is 22.4 Å².